The van der Waals surface area contributed by atoms with Gasteiger partial charge in [0.2, 0.25) is 0 Å². The zero-order chi connectivity index (χ0) is 23.1. The Balaban J connectivity index is 1.52. The van der Waals surface area contributed by atoms with Crippen molar-refractivity contribution in [1.82, 2.24) is 0 Å². The molecule has 4 nitrogen and oxygen atoms in total. The van der Waals surface area contributed by atoms with Crippen molar-refractivity contribution in [3.63, 3.8) is 0 Å². The van der Waals surface area contributed by atoms with Crippen molar-refractivity contribution in [3.8, 4) is 0 Å². The van der Waals surface area contributed by atoms with Crippen LogP contribution in [0.5, 0.6) is 0 Å². The second kappa shape index (κ2) is 12.0. The van der Waals surface area contributed by atoms with Crippen molar-refractivity contribution in [2.24, 2.45) is 17.3 Å². The van der Waals surface area contributed by atoms with E-state index in [9.17, 15) is 15.0 Å². The molecule has 1 aromatic heterocycles. The molecule has 0 saturated heterocycles. The molecule has 2 fully saturated rings. The first-order valence-corrected chi connectivity index (χ1v) is 13.2. The third-order valence-electron chi connectivity index (χ3n) is 7.14. The molecule has 0 radical (unpaired) electrons. The Kier molecular flexibility index (Phi) is 9.69. The molecule has 2 saturated carbocycles. The molecule has 1 heterocycles. The number of carbonyl (C=O) groups is 1. The highest BCUT2D eigenvalue weighted by molar-refractivity contribution is 7.16. The van der Waals surface area contributed by atoms with Crippen molar-refractivity contribution in [2.75, 3.05) is 0 Å². The van der Waals surface area contributed by atoms with Crippen molar-refractivity contribution in [3.05, 3.63) is 45.7 Å². The molecule has 3 N–H and O–H groups in total. The highest BCUT2D eigenvalue weighted by Gasteiger charge is 2.43. The van der Waals surface area contributed by atoms with Gasteiger partial charge in [-0.2, -0.15) is 0 Å². The molecule has 2 aliphatic carbocycles. The van der Waals surface area contributed by atoms with E-state index in [4.69, 9.17) is 28.3 Å². The number of allylic oxidation sites excluding steroid dienone is 2. The Hall–Kier alpha value is -0.850. The quantitative estimate of drug-likeness (QED) is 0.180. The maximum absolute atomic E-state index is 11.0. The van der Waals surface area contributed by atoms with E-state index in [-0.39, 0.29) is 29.0 Å². The Morgan fingerprint density at radius 2 is 2.06 bits per heavy atom. The van der Waals surface area contributed by atoms with Gasteiger partial charge in [0, 0.05) is 28.0 Å². The third kappa shape index (κ3) is 6.83. The summed E-state index contributed by atoms with van der Waals surface area (Å²) in [4.78, 5) is 11.8. The summed E-state index contributed by atoms with van der Waals surface area (Å²) in [6.45, 7) is 0. The number of rotatable bonds is 12. The fraction of sp³-hybridized carbons (Fsp3) is 0.640. The number of halogens is 2. The largest absolute Gasteiger partial charge is 0.481 e. The van der Waals surface area contributed by atoms with E-state index in [1.807, 2.05) is 24.3 Å². The number of unbranched alkanes of at least 4 members (excludes halogenated alkanes) is 1. The van der Waals surface area contributed by atoms with Gasteiger partial charge in [-0.15, -0.1) is 22.9 Å². The minimum Gasteiger partial charge on any atom is -0.481 e. The smallest absolute Gasteiger partial charge is 0.303 e. The van der Waals surface area contributed by atoms with Crippen molar-refractivity contribution in [2.45, 2.75) is 81.8 Å². The minimum atomic E-state index is -0.770. The van der Waals surface area contributed by atoms with E-state index in [2.05, 4.69) is 12.1 Å². The average Bonchev–Trinajstić information content (AvgIpc) is 3.23. The first kappa shape index (κ1) is 25.8. The van der Waals surface area contributed by atoms with Crippen LogP contribution in [-0.2, 0) is 11.2 Å². The summed E-state index contributed by atoms with van der Waals surface area (Å²) in [5.74, 6) is -0.656. The van der Waals surface area contributed by atoms with Crippen LogP contribution in [0.3, 0.4) is 0 Å². The monoisotopic (exact) mass is 500 g/mol. The number of aliphatic carboxylic acids is 1. The molecule has 0 aromatic carbocycles. The summed E-state index contributed by atoms with van der Waals surface area (Å²) in [7, 11) is 0. The second-order valence-electron chi connectivity index (χ2n) is 9.33. The lowest BCUT2D eigenvalue weighted by Gasteiger charge is -2.45. The Morgan fingerprint density at radius 1 is 1.28 bits per heavy atom. The maximum Gasteiger partial charge on any atom is 0.303 e. The molecule has 5 atom stereocenters. The molecule has 3 rings (SSSR count). The van der Waals surface area contributed by atoms with Crippen LogP contribution in [0.25, 0.3) is 0 Å². The van der Waals surface area contributed by atoms with E-state index in [0.29, 0.717) is 19.3 Å². The van der Waals surface area contributed by atoms with Crippen LogP contribution in [0.15, 0.2) is 36.4 Å². The first-order chi connectivity index (χ1) is 15.3. The molecule has 2 aliphatic rings. The van der Waals surface area contributed by atoms with Gasteiger partial charge in [0.25, 0.3) is 0 Å². The van der Waals surface area contributed by atoms with Crippen LogP contribution in [-0.4, -0.2) is 38.9 Å². The molecule has 2 unspecified atom stereocenters. The van der Waals surface area contributed by atoms with Gasteiger partial charge < -0.3 is 15.3 Å². The second-order valence-corrected chi connectivity index (χ2v) is 11.7. The Labute approximate surface area is 204 Å². The standard InChI is InChI=1S/C25H34Cl2O4S/c26-20-15-21(28)19(18(20)7-3-1-2-4-10-24(30)31)8-5-9-22(29)25(13-6-14-25)16-17-11-12-23(27)32-17/h1,3,5,8,11-12,18-22,28-29H,2,4,6-7,9-10,13-16H2,(H,30,31)/t18-,19+,20?,21-,22?/m1/s1. The lowest BCUT2D eigenvalue weighted by atomic mass is 9.62. The molecular formula is C25H34Cl2O4S. The maximum atomic E-state index is 11.0. The lowest BCUT2D eigenvalue weighted by Crippen LogP contribution is -2.42. The summed E-state index contributed by atoms with van der Waals surface area (Å²) in [6.07, 6.45) is 14.8. The minimum absolute atomic E-state index is 0.0261. The lowest BCUT2D eigenvalue weighted by molar-refractivity contribution is -0.137. The summed E-state index contributed by atoms with van der Waals surface area (Å²) < 4.78 is 0.789. The molecule has 7 heteroatoms. The predicted molar refractivity (Wildman–Crippen MR) is 132 cm³/mol. The van der Waals surface area contributed by atoms with Crippen molar-refractivity contribution < 1.29 is 20.1 Å². The van der Waals surface area contributed by atoms with Gasteiger partial charge in [-0.05, 0) is 69.4 Å². The number of carboxylic acid groups (broad SMARTS) is 1. The van der Waals surface area contributed by atoms with Gasteiger partial charge in [0.1, 0.15) is 0 Å². The van der Waals surface area contributed by atoms with Gasteiger partial charge >= 0.3 is 5.97 Å². The molecule has 0 spiro atoms. The summed E-state index contributed by atoms with van der Waals surface area (Å²) in [6, 6.07) is 3.98. The fourth-order valence-electron chi connectivity index (χ4n) is 5.07. The normalized spacial score (nSPS) is 28.4. The van der Waals surface area contributed by atoms with E-state index in [1.54, 1.807) is 11.3 Å². The van der Waals surface area contributed by atoms with Crippen molar-refractivity contribution >= 4 is 40.5 Å². The molecule has 0 bridgehead atoms. The summed E-state index contributed by atoms with van der Waals surface area (Å²) >= 11 is 14.2. The number of carboxylic acids is 1. The SMILES string of the molecule is O=C(O)CCCC=CC[C@H]1C(Cl)C[C@@H](O)[C@H]1C=CCC(O)C1(Cc2ccc(Cl)s2)CCC1. The van der Waals surface area contributed by atoms with Gasteiger partial charge in [-0.1, -0.05) is 42.3 Å². The Bertz CT molecular complexity index is 802. The number of aliphatic hydroxyl groups excluding tert-OH is 2. The fourth-order valence-corrected chi connectivity index (χ4v) is 6.77. The number of hydrogen-bond acceptors (Lipinski definition) is 4. The number of alkyl halides is 1. The summed E-state index contributed by atoms with van der Waals surface area (Å²) in [5, 5.41) is 30.1. The molecular weight excluding hydrogens is 467 g/mol. The van der Waals surface area contributed by atoms with Crippen LogP contribution < -0.4 is 0 Å². The van der Waals surface area contributed by atoms with E-state index >= 15 is 0 Å². The van der Waals surface area contributed by atoms with Crippen LogP contribution in [0.2, 0.25) is 4.34 Å². The van der Waals surface area contributed by atoms with Gasteiger partial charge in [0.05, 0.1) is 16.5 Å². The van der Waals surface area contributed by atoms with E-state index in [0.717, 1.165) is 42.9 Å². The van der Waals surface area contributed by atoms with Crippen molar-refractivity contribution in [1.29, 1.82) is 0 Å². The highest BCUT2D eigenvalue weighted by atomic mass is 35.5. The average molecular weight is 502 g/mol. The molecule has 0 aliphatic heterocycles. The zero-order valence-corrected chi connectivity index (χ0v) is 20.7. The van der Waals surface area contributed by atoms with Crippen LogP contribution in [0, 0.1) is 17.3 Å². The van der Waals surface area contributed by atoms with Crippen LogP contribution in [0.1, 0.15) is 62.7 Å². The number of hydrogen-bond donors (Lipinski definition) is 3. The molecule has 178 valence electrons. The van der Waals surface area contributed by atoms with Gasteiger partial charge in [-0.3, -0.25) is 4.79 Å². The molecule has 32 heavy (non-hydrogen) atoms. The first-order valence-electron chi connectivity index (χ1n) is 11.6. The number of thiophene rings is 1. The molecule has 0 amide bonds. The number of aliphatic hydroxyl groups is 2. The van der Waals surface area contributed by atoms with Crippen LogP contribution in [0.4, 0.5) is 0 Å². The van der Waals surface area contributed by atoms with E-state index in [1.165, 1.54) is 4.88 Å². The van der Waals surface area contributed by atoms with E-state index < -0.39 is 18.2 Å². The highest BCUT2D eigenvalue weighted by Crippen LogP contribution is 2.49. The molecule has 1 aromatic rings. The zero-order valence-electron chi connectivity index (χ0n) is 18.3. The predicted octanol–water partition coefficient (Wildman–Crippen LogP) is 6.23. The Morgan fingerprint density at radius 3 is 2.69 bits per heavy atom. The van der Waals surface area contributed by atoms with Gasteiger partial charge in [0.15, 0.2) is 0 Å². The van der Waals surface area contributed by atoms with Gasteiger partial charge in [-0.25, -0.2) is 0 Å². The van der Waals surface area contributed by atoms with Crippen LogP contribution >= 0.6 is 34.5 Å². The third-order valence-corrected chi connectivity index (χ3v) is 8.87. The summed E-state index contributed by atoms with van der Waals surface area (Å²) in [5.41, 5.74) is -0.0695. The topological polar surface area (TPSA) is 77.8 Å².